The SMILES string of the molecule is O=C(CCCOc1ccc(Br)cc1Cl)Nc1ccc(CN2CCCCC2)cc1. The number of ether oxygens (including phenoxy) is 1. The minimum Gasteiger partial charge on any atom is -0.492 e. The zero-order chi connectivity index (χ0) is 19.8. The molecule has 0 unspecified atom stereocenters. The zero-order valence-electron chi connectivity index (χ0n) is 15.9. The number of carbonyl (C=O) groups excluding carboxylic acids is 1. The van der Waals surface area contributed by atoms with E-state index >= 15 is 0 Å². The third kappa shape index (κ3) is 6.80. The van der Waals surface area contributed by atoms with Gasteiger partial charge in [-0.15, -0.1) is 0 Å². The number of piperidine rings is 1. The average molecular weight is 466 g/mol. The van der Waals surface area contributed by atoms with E-state index in [-0.39, 0.29) is 5.91 Å². The molecule has 0 bridgehead atoms. The lowest BCUT2D eigenvalue weighted by Gasteiger charge is -2.26. The summed E-state index contributed by atoms with van der Waals surface area (Å²) in [4.78, 5) is 14.6. The van der Waals surface area contributed by atoms with Crippen LogP contribution in [-0.4, -0.2) is 30.5 Å². The van der Waals surface area contributed by atoms with Gasteiger partial charge in [-0.1, -0.05) is 46.1 Å². The van der Waals surface area contributed by atoms with Crippen LogP contribution in [0.5, 0.6) is 5.75 Å². The van der Waals surface area contributed by atoms with E-state index in [4.69, 9.17) is 16.3 Å². The smallest absolute Gasteiger partial charge is 0.224 e. The highest BCUT2D eigenvalue weighted by atomic mass is 79.9. The van der Waals surface area contributed by atoms with Gasteiger partial charge in [0.25, 0.3) is 0 Å². The van der Waals surface area contributed by atoms with Gasteiger partial charge >= 0.3 is 0 Å². The van der Waals surface area contributed by atoms with Gasteiger partial charge in [0.1, 0.15) is 5.75 Å². The van der Waals surface area contributed by atoms with E-state index in [9.17, 15) is 4.79 Å². The number of likely N-dealkylation sites (tertiary alicyclic amines) is 1. The van der Waals surface area contributed by atoms with Crippen LogP contribution in [0, 0.1) is 0 Å². The van der Waals surface area contributed by atoms with Gasteiger partial charge in [-0.2, -0.15) is 0 Å². The quantitative estimate of drug-likeness (QED) is 0.495. The third-order valence-corrected chi connectivity index (χ3v) is 5.58. The summed E-state index contributed by atoms with van der Waals surface area (Å²) >= 11 is 9.48. The molecule has 1 saturated heterocycles. The van der Waals surface area contributed by atoms with Crippen molar-refractivity contribution >= 4 is 39.1 Å². The van der Waals surface area contributed by atoms with Crippen molar-refractivity contribution in [3.05, 3.63) is 57.5 Å². The Morgan fingerprint density at radius 3 is 2.57 bits per heavy atom. The molecule has 1 aliphatic heterocycles. The number of nitrogens with one attached hydrogen (secondary N) is 1. The second-order valence-corrected chi connectivity index (χ2v) is 8.43. The van der Waals surface area contributed by atoms with Gasteiger partial charge in [0.15, 0.2) is 0 Å². The Morgan fingerprint density at radius 2 is 1.86 bits per heavy atom. The molecule has 4 nitrogen and oxygen atoms in total. The van der Waals surface area contributed by atoms with Gasteiger partial charge in [-0.25, -0.2) is 0 Å². The Balaban J connectivity index is 1.37. The predicted molar refractivity (Wildman–Crippen MR) is 118 cm³/mol. The van der Waals surface area contributed by atoms with Crippen molar-refractivity contribution in [1.29, 1.82) is 0 Å². The van der Waals surface area contributed by atoms with E-state index in [2.05, 4.69) is 38.3 Å². The molecule has 0 aliphatic carbocycles. The van der Waals surface area contributed by atoms with E-state index in [0.717, 1.165) is 16.7 Å². The number of amides is 1. The monoisotopic (exact) mass is 464 g/mol. The molecule has 0 radical (unpaired) electrons. The fourth-order valence-corrected chi connectivity index (χ4v) is 4.03. The maximum atomic E-state index is 12.1. The van der Waals surface area contributed by atoms with Gasteiger partial charge in [-0.05, 0) is 68.2 Å². The van der Waals surface area contributed by atoms with Crippen LogP contribution in [0.4, 0.5) is 5.69 Å². The molecule has 1 heterocycles. The topological polar surface area (TPSA) is 41.6 Å². The Hall–Kier alpha value is -1.56. The average Bonchev–Trinajstić information content (AvgIpc) is 2.69. The predicted octanol–water partition coefficient (Wildman–Crippen LogP) is 5.89. The summed E-state index contributed by atoms with van der Waals surface area (Å²) in [6.07, 6.45) is 4.98. The number of anilines is 1. The molecular formula is C22H26BrClN2O2. The lowest BCUT2D eigenvalue weighted by atomic mass is 10.1. The highest BCUT2D eigenvalue weighted by Crippen LogP contribution is 2.27. The van der Waals surface area contributed by atoms with Crippen molar-refractivity contribution in [3.63, 3.8) is 0 Å². The van der Waals surface area contributed by atoms with Crippen LogP contribution in [0.1, 0.15) is 37.7 Å². The summed E-state index contributed by atoms with van der Waals surface area (Å²) in [5.41, 5.74) is 2.13. The van der Waals surface area contributed by atoms with Crippen LogP contribution in [-0.2, 0) is 11.3 Å². The molecule has 28 heavy (non-hydrogen) atoms. The van der Waals surface area contributed by atoms with Gasteiger partial charge in [-0.3, -0.25) is 9.69 Å². The summed E-state index contributed by atoms with van der Waals surface area (Å²) in [6, 6.07) is 13.6. The summed E-state index contributed by atoms with van der Waals surface area (Å²) in [6.45, 7) is 3.81. The Morgan fingerprint density at radius 1 is 1.11 bits per heavy atom. The van der Waals surface area contributed by atoms with Crippen LogP contribution in [0.3, 0.4) is 0 Å². The fraction of sp³-hybridized carbons (Fsp3) is 0.409. The Kier molecular flexibility index (Phi) is 8.19. The largest absolute Gasteiger partial charge is 0.492 e. The Bertz CT molecular complexity index is 777. The number of hydrogen-bond donors (Lipinski definition) is 1. The summed E-state index contributed by atoms with van der Waals surface area (Å²) in [5, 5.41) is 3.51. The number of halogens is 2. The zero-order valence-corrected chi connectivity index (χ0v) is 18.3. The molecule has 0 saturated carbocycles. The van der Waals surface area contributed by atoms with Gasteiger partial charge in [0.2, 0.25) is 5.91 Å². The first-order valence-corrected chi connectivity index (χ1v) is 11.0. The standard InChI is InChI=1S/C22H26BrClN2O2/c23-18-8-11-21(20(24)15-18)28-14-4-5-22(27)25-19-9-6-17(7-10-19)16-26-12-2-1-3-13-26/h6-11,15H,1-5,12-14,16H2,(H,25,27). The first kappa shape index (κ1) is 21.2. The molecule has 1 aliphatic rings. The molecule has 1 fully saturated rings. The minimum atomic E-state index is -0.00529. The van der Waals surface area contributed by atoms with E-state index in [0.29, 0.717) is 30.2 Å². The van der Waals surface area contributed by atoms with Crippen LogP contribution in [0.2, 0.25) is 5.02 Å². The molecule has 2 aromatic rings. The van der Waals surface area contributed by atoms with Crippen molar-refractivity contribution in [2.24, 2.45) is 0 Å². The molecule has 0 spiro atoms. The summed E-state index contributed by atoms with van der Waals surface area (Å²) in [5.74, 6) is 0.629. The lowest BCUT2D eigenvalue weighted by molar-refractivity contribution is -0.116. The first-order chi connectivity index (χ1) is 13.6. The number of nitrogens with zero attached hydrogens (tertiary/aromatic N) is 1. The molecule has 150 valence electrons. The van der Waals surface area contributed by atoms with Gasteiger partial charge < -0.3 is 10.1 Å². The number of benzene rings is 2. The van der Waals surface area contributed by atoms with Gasteiger partial charge in [0.05, 0.1) is 11.6 Å². The third-order valence-electron chi connectivity index (χ3n) is 4.79. The van der Waals surface area contributed by atoms with Crippen molar-refractivity contribution < 1.29 is 9.53 Å². The van der Waals surface area contributed by atoms with Crippen LogP contribution >= 0.6 is 27.5 Å². The molecular weight excluding hydrogens is 440 g/mol. The highest BCUT2D eigenvalue weighted by molar-refractivity contribution is 9.10. The lowest BCUT2D eigenvalue weighted by Crippen LogP contribution is -2.29. The van der Waals surface area contributed by atoms with Crippen LogP contribution in [0.15, 0.2) is 46.9 Å². The summed E-state index contributed by atoms with van der Waals surface area (Å²) < 4.78 is 6.55. The number of hydrogen-bond acceptors (Lipinski definition) is 3. The minimum absolute atomic E-state index is 0.00529. The number of carbonyl (C=O) groups is 1. The van der Waals surface area contributed by atoms with E-state index < -0.39 is 0 Å². The molecule has 0 atom stereocenters. The van der Waals surface area contributed by atoms with Crippen molar-refractivity contribution in [3.8, 4) is 5.75 Å². The molecule has 1 amide bonds. The van der Waals surface area contributed by atoms with Crippen molar-refractivity contribution in [2.45, 2.75) is 38.6 Å². The second kappa shape index (κ2) is 10.8. The summed E-state index contributed by atoms with van der Waals surface area (Å²) in [7, 11) is 0. The van der Waals surface area contributed by atoms with E-state index in [1.54, 1.807) is 6.07 Å². The molecule has 3 rings (SSSR count). The molecule has 1 N–H and O–H groups in total. The van der Waals surface area contributed by atoms with Crippen LogP contribution in [0.25, 0.3) is 0 Å². The normalized spacial score (nSPS) is 14.6. The van der Waals surface area contributed by atoms with E-state index in [1.165, 1.54) is 37.9 Å². The number of rotatable bonds is 8. The highest BCUT2D eigenvalue weighted by Gasteiger charge is 2.10. The molecule has 2 aromatic carbocycles. The Labute approximate surface area is 180 Å². The fourth-order valence-electron chi connectivity index (χ4n) is 3.30. The van der Waals surface area contributed by atoms with Crippen molar-refractivity contribution in [1.82, 2.24) is 4.90 Å². The molecule has 6 heteroatoms. The van der Waals surface area contributed by atoms with Crippen molar-refractivity contribution in [2.75, 3.05) is 25.0 Å². The van der Waals surface area contributed by atoms with E-state index in [1.807, 2.05) is 24.3 Å². The maximum Gasteiger partial charge on any atom is 0.224 e. The first-order valence-electron chi connectivity index (χ1n) is 9.79. The van der Waals surface area contributed by atoms with Gasteiger partial charge in [0, 0.05) is 23.1 Å². The van der Waals surface area contributed by atoms with Crippen LogP contribution < -0.4 is 10.1 Å². The molecule has 0 aromatic heterocycles. The second-order valence-electron chi connectivity index (χ2n) is 7.11. The maximum absolute atomic E-state index is 12.1.